The van der Waals surface area contributed by atoms with Crippen molar-refractivity contribution in [1.82, 2.24) is 5.32 Å². The number of nitrogens with one attached hydrogen (secondary N) is 1. The fourth-order valence-electron chi connectivity index (χ4n) is 2.20. The van der Waals surface area contributed by atoms with E-state index in [2.05, 4.69) is 19.2 Å². The third kappa shape index (κ3) is 3.50. The van der Waals surface area contributed by atoms with Gasteiger partial charge in [-0.05, 0) is 30.0 Å². The Labute approximate surface area is 118 Å². The first-order valence-corrected chi connectivity index (χ1v) is 6.82. The van der Waals surface area contributed by atoms with Crippen LogP contribution in [-0.2, 0) is 9.59 Å². The molecule has 1 saturated heterocycles. The van der Waals surface area contributed by atoms with Crippen molar-refractivity contribution in [1.29, 1.82) is 0 Å². The van der Waals surface area contributed by atoms with Gasteiger partial charge < -0.3 is 10.5 Å². The second-order valence-corrected chi connectivity index (χ2v) is 5.54. The van der Waals surface area contributed by atoms with Crippen LogP contribution in [0.15, 0.2) is 18.2 Å². The molecule has 0 spiro atoms. The summed E-state index contributed by atoms with van der Waals surface area (Å²) in [6, 6.07) is 5.35. The molecule has 0 aromatic heterocycles. The number of hydrogen-bond donors (Lipinski definition) is 2. The quantitative estimate of drug-likeness (QED) is 0.649. The van der Waals surface area contributed by atoms with Gasteiger partial charge in [0.15, 0.2) is 0 Å². The molecule has 5 heteroatoms. The topological polar surface area (TPSA) is 81.4 Å². The summed E-state index contributed by atoms with van der Waals surface area (Å²) in [5.74, 6) is 0.263. The summed E-state index contributed by atoms with van der Waals surface area (Å²) in [6.07, 6.45) is 0.866. The molecule has 2 rings (SSSR count). The number of ether oxygens (including phenoxy) is 1. The molecule has 1 heterocycles. The summed E-state index contributed by atoms with van der Waals surface area (Å²) in [6.45, 7) is 4.72. The van der Waals surface area contributed by atoms with Crippen molar-refractivity contribution in [3.63, 3.8) is 0 Å². The zero-order valence-corrected chi connectivity index (χ0v) is 11.8. The Morgan fingerprint density at radius 3 is 2.75 bits per heavy atom. The van der Waals surface area contributed by atoms with E-state index in [1.54, 1.807) is 12.1 Å². The number of rotatable bonds is 4. The van der Waals surface area contributed by atoms with E-state index in [0.717, 1.165) is 5.56 Å². The summed E-state index contributed by atoms with van der Waals surface area (Å²) >= 11 is 0. The van der Waals surface area contributed by atoms with Gasteiger partial charge in [-0.25, -0.2) is 0 Å². The molecule has 1 atom stereocenters. The molecule has 0 aliphatic carbocycles. The molecule has 20 heavy (non-hydrogen) atoms. The van der Waals surface area contributed by atoms with Gasteiger partial charge in [-0.2, -0.15) is 0 Å². The summed E-state index contributed by atoms with van der Waals surface area (Å²) in [4.78, 5) is 23.1. The zero-order valence-electron chi connectivity index (χ0n) is 11.8. The van der Waals surface area contributed by atoms with E-state index in [9.17, 15) is 9.59 Å². The standard InChI is InChI=1S/C15H20N2O3/c1-9(2)8-20-12-6-10(5-11(16)7-12)13-3-4-14(18)17-15(13)19/h5-7,9,13H,3-4,8,16H2,1-2H3,(H,17,18,19). The highest BCUT2D eigenvalue weighted by atomic mass is 16.5. The van der Waals surface area contributed by atoms with Crippen LogP contribution < -0.4 is 15.8 Å². The number of nitrogens with two attached hydrogens (primary N) is 1. The second kappa shape index (κ2) is 5.94. The molecule has 2 amide bonds. The average molecular weight is 276 g/mol. The number of benzene rings is 1. The highest BCUT2D eigenvalue weighted by molar-refractivity contribution is 6.01. The monoisotopic (exact) mass is 276 g/mol. The Kier molecular flexibility index (Phi) is 4.27. The number of nitrogen functional groups attached to an aromatic ring is 1. The van der Waals surface area contributed by atoms with Crippen molar-refractivity contribution >= 4 is 17.5 Å². The maximum absolute atomic E-state index is 11.9. The Bertz CT molecular complexity index is 526. The Morgan fingerprint density at radius 2 is 2.10 bits per heavy atom. The minimum atomic E-state index is -0.336. The van der Waals surface area contributed by atoms with Crippen LogP contribution in [0.1, 0.15) is 38.2 Å². The van der Waals surface area contributed by atoms with Gasteiger partial charge in [0.25, 0.3) is 0 Å². The van der Waals surface area contributed by atoms with Crippen molar-refractivity contribution in [3.8, 4) is 5.75 Å². The van der Waals surface area contributed by atoms with Crippen molar-refractivity contribution in [2.24, 2.45) is 5.92 Å². The lowest BCUT2D eigenvalue weighted by molar-refractivity contribution is -0.134. The smallest absolute Gasteiger partial charge is 0.234 e. The summed E-state index contributed by atoms with van der Waals surface area (Å²) in [7, 11) is 0. The number of piperidine rings is 1. The van der Waals surface area contributed by atoms with Gasteiger partial charge >= 0.3 is 0 Å². The lowest BCUT2D eigenvalue weighted by Crippen LogP contribution is -2.39. The summed E-state index contributed by atoms with van der Waals surface area (Å²) in [5.41, 5.74) is 7.23. The molecular formula is C15H20N2O3. The molecule has 0 radical (unpaired) electrons. The van der Waals surface area contributed by atoms with Gasteiger partial charge in [-0.15, -0.1) is 0 Å². The van der Waals surface area contributed by atoms with Crippen LogP contribution in [0.5, 0.6) is 5.75 Å². The minimum Gasteiger partial charge on any atom is -0.493 e. The van der Waals surface area contributed by atoms with Crippen molar-refractivity contribution in [2.75, 3.05) is 12.3 Å². The molecule has 1 aliphatic rings. The first kappa shape index (κ1) is 14.4. The van der Waals surface area contributed by atoms with E-state index in [1.165, 1.54) is 0 Å². The average Bonchev–Trinajstić information content (AvgIpc) is 2.35. The van der Waals surface area contributed by atoms with Gasteiger partial charge in [0.1, 0.15) is 5.75 Å². The number of carbonyl (C=O) groups is 2. The maximum Gasteiger partial charge on any atom is 0.234 e. The van der Waals surface area contributed by atoms with Crippen LogP contribution >= 0.6 is 0 Å². The third-order valence-corrected chi connectivity index (χ3v) is 3.18. The summed E-state index contributed by atoms with van der Waals surface area (Å²) in [5, 5.41) is 2.36. The first-order valence-electron chi connectivity index (χ1n) is 6.82. The predicted molar refractivity (Wildman–Crippen MR) is 76.3 cm³/mol. The fraction of sp³-hybridized carbons (Fsp3) is 0.467. The van der Waals surface area contributed by atoms with Gasteiger partial charge in [-0.1, -0.05) is 13.8 Å². The number of hydrogen-bond acceptors (Lipinski definition) is 4. The molecule has 108 valence electrons. The molecule has 1 aromatic carbocycles. The third-order valence-electron chi connectivity index (χ3n) is 3.18. The lowest BCUT2D eigenvalue weighted by atomic mass is 9.90. The van der Waals surface area contributed by atoms with Gasteiger partial charge in [0.05, 0.1) is 12.5 Å². The van der Waals surface area contributed by atoms with Crippen molar-refractivity contribution in [3.05, 3.63) is 23.8 Å². The Morgan fingerprint density at radius 1 is 1.35 bits per heavy atom. The van der Waals surface area contributed by atoms with E-state index in [4.69, 9.17) is 10.5 Å². The fourth-order valence-corrected chi connectivity index (χ4v) is 2.20. The Balaban J connectivity index is 2.19. The van der Waals surface area contributed by atoms with Gasteiger partial charge in [0.2, 0.25) is 11.8 Å². The molecule has 1 unspecified atom stereocenters. The van der Waals surface area contributed by atoms with Crippen LogP contribution in [-0.4, -0.2) is 18.4 Å². The van der Waals surface area contributed by atoms with E-state index in [-0.39, 0.29) is 17.7 Å². The van der Waals surface area contributed by atoms with E-state index < -0.39 is 0 Å². The highest BCUT2D eigenvalue weighted by Gasteiger charge is 2.28. The highest BCUT2D eigenvalue weighted by Crippen LogP contribution is 2.30. The van der Waals surface area contributed by atoms with E-state index >= 15 is 0 Å². The van der Waals surface area contributed by atoms with Crippen LogP contribution in [0.3, 0.4) is 0 Å². The van der Waals surface area contributed by atoms with Gasteiger partial charge in [0, 0.05) is 18.2 Å². The van der Waals surface area contributed by atoms with Crippen LogP contribution in [0.25, 0.3) is 0 Å². The maximum atomic E-state index is 11.9. The minimum absolute atomic E-state index is 0.216. The Hall–Kier alpha value is -2.04. The molecule has 1 fully saturated rings. The normalized spacial score (nSPS) is 19.1. The van der Waals surface area contributed by atoms with Crippen LogP contribution in [0, 0.1) is 5.92 Å². The molecular weight excluding hydrogens is 256 g/mol. The largest absolute Gasteiger partial charge is 0.493 e. The van der Waals surface area contributed by atoms with Crippen LogP contribution in [0.4, 0.5) is 5.69 Å². The van der Waals surface area contributed by atoms with Crippen molar-refractivity contribution in [2.45, 2.75) is 32.6 Å². The molecule has 5 nitrogen and oxygen atoms in total. The molecule has 1 aliphatic heterocycles. The van der Waals surface area contributed by atoms with Gasteiger partial charge in [-0.3, -0.25) is 14.9 Å². The number of amides is 2. The number of carbonyl (C=O) groups excluding carboxylic acids is 2. The SMILES string of the molecule is CC(C)COc1cc(N)cc(C2CCC(=O)NC2=O)c1. The van der Waals surface area contributed by atoms with E-state index in [1.807, 2.05) is 6.07 Å². The van der Waals surface area contributed by atoms with E-state index in [0.29, 0.717) is 36.8 Å². The lowest BCUT2D eigenvalue weighted by Gasteiger charge is -2.22. The second-order valence-electron chi connectivity index (χ2n) is 5.54. The zero-order chi connectivity index (χ0) is 14.7. The first-order chi connectivity index (χ1) is 9.45. The predicted octanol–water partition coefficient (Wildman–Crippen LogP) is 1.82. The molecule has 0 bridgehead atoms. The molecule has 3 N–H and O–H groups in total. The van der Waals surface area contributed by atoms with Crippen LogP contribution in [0.2, 0.25) is 0 Å². The number of anilines is 1. The molecule has 1 aromatic rings. The molecule has 0 saturated carbocycles. The van der Waals surface area contributed by atoms with Crippen molar-refractivity contribution < 1.29 is 14.3 Å². The summed E-state index contributed by atoms with van der Waals surface area (Å²) < 4.78 is 5.66. The number of imide groups is 1.